The van der Waals surface area contributed by atoms with E-state index >= 15 is 0 Å². The van der Waals surface area contributed by atoms with Crippen LogP contribution in [0.3, 0.4) is 0 Å². The number of nitriles is 1. The SMILES string of the molecule is CC(NC(=O)C1CC1)c1ccc([C@@H]2CCCCN2c2ncc(C#N)c(Cl)n2)cc1. The van der Waals surface area contributed by atoms with Gasteiger partial charge in [-0.15, -0.1) is 0 Å². The maximum atomic E-state index is 12.0. The number of aromatic nitrogens is 2. The quantitative estimate of drug-likeness (QED) is 0.743. The summed E-state index contributed by atoms with van der Waals surface area (Å²) in [4.78, 5) is 22.9. The van der Waals surface area contributed by atoms with Crippen LogP contribution in [0.1, 0.15) is 67.8 Å². The molecule has 2 fully saturated rings. The molecular formula is C22H24ClN5O. The highest BCUT2D eigenvalue weighted by Gasteiger charge is 2.30. The van der Waals surface area contributed by atoms with Crippen LogP contribution in [-0.2, 0) is 4.79 Å². The Morgan fingerprint density at radius 2 is 2.03 bits per heavy atom. The molecule has 1 aromatic heterocycles. The summed E-state index contributed by atoms with van der Waals surface area (Å²) in [7, 11) is 0. The van der Waals surface area contributed by atoms with Gasteiger partial charge < -0.3 is 10.2 Å². The molecule has 6 nitrogen and oxygen atoms in total. The molecule has 1 aromatic carbocycles. The summed E-state index contributed by atoms with van der Waals surface area (Å²) in [6.07, 6.45) is 6.73. The first-order valence-electron chi connectivity index (χ1n) is 10.2. The number of rotatable bonds is 5. The Bertz CT molecular complexity index is 935. The second kappa shape index (κ2) is 8.38. The number of anilines is 1. The Balaban J connectivity index is 1.51. The van der Waals surface area contributed by atoms with Crippen LogP contribution in [0.15, 0.2) is 30.5 Å². The molecule has 2 heterocycles. The fourth-order valence-electron chi connectivity index (χ4n) is 3.85. The van der Waals surface area contributed by atoms with E-state index in [0.717, 1.165) is 44.2 Å². The van der Waals surface area contributed by atoms with Gasteiger partial charge in [0.25, 0.3) is 0 Å². The van der Waals surface area contributed by atoms with Crippen LogP contribution in [-0.4, -0.2) is 22.4 Å². The Labute approximate surface area is 175 Å². The van der Waals surface area contributed by atoms with E-state index in [-0.39, 0.29) is 34.6 Å². The first kappa shape index (κ1) is 19.7. The number of carbonyl (C=O) groups is 1. The standard InChI is InChI=1S/C22H24ClN5O/c1-14(26-21(29)17-9-10-17)15-5-7-16(8-6-15)19-4-2-3-11-28(19)22-25-13-18(12-24)20(23)27-22/h5-8,13-14,17,19H,2-4,9-11H2,1H3,(H,26,29)/t14?,19-/m0/s1. The number of halogens is 1. The van der Waals surface area contributed by atoms with E-state index in [9.17, 15) is 4.79 Å². The van der Waals surface area contributed by atoms with Crippen LogP contribution < -0.4 is 10.2 Å². The molecule has 0 bridgehead atoms. The maximum Gasteiger partial charge on any atom is 0.227 e. The van der Waals surface area contributed by atoms with Crippen molar-refractivity contribution in [1.29, 1.82) is 5.26 Å². The summed E-state index contributed by atoms with van der Waals surface area (Å²) >= 11 is 6.13. The van der Waals surface area contributed by atoms with E-state index < -0.39 is 0 Å². The lowest BCUT2D eigenvalue weighted by atomic mass is 9.94. The minimum atomic E-state index is 0.000255. The van der Waals surface area contributed by atoms with E-state index in [4.69, 9.17) is 16.9 Å². The predicted octanol–water partition coefficient (Wildman–Crippen LogP) is 4.32. The van der Waals surface area contributed by atoms with E-state index in [0.29, 0.717) is 5.95 Å². The third-order valence-electron chi connectivity index (χ3n) is 5.74. The number of piperidine rings is 1. The van der Waals surface area contributed by atoms with E-state index in [1.54, 1.807) is 0 Å². The second-order valence-corrected chi connectivity index (χ2v) is 8.22. The normalized spacial score (nSPS) is 20.0. The number of hydrogen-bond donors (Lipinski definition) is 1. The van der Waals surface area contributed by atoms with Crippen molar-refractivity contribution in [3.05, 3.63) is 52.3 Å². The second-order valence-electron chi connectivity index (χ2n) is 7.86. The summed E-state index contributed by atoms with van der Waals surface area (Å²) in [6, 6.07) is 10.6. The summed E-state index contributed by atoms with van der Waals surface area (Å²) in [5.41, 5.74) is 2.58. The predicted molar refractivity (Wildman–Crippen MR) is 111 cm³/mol. The highest BCUT2D eigenvalue weighted by Crippen LogP contribution is 2.35. The number of amides is 1. The van der Waals surface area contributed by atoms with Crippen LogP contribution in [0.4, 0.5) is 5.95 Å². The zero-order chi connectivity index (χ0) is 20.4. The van der Waals surface area contributed by atoms with Gasteiger partial charge in [0, 0.05) is 12.5 Å². The first-order valence-corrected chi connectivity index (χ1v) is 10.5. The lowest BCUT2D eigenvalue weighted by molar-refractivity contribution is -0.122. The maximum absolute atomic E-state index is 12.0. The summed E-state index contributed by atoms with van der Waals surface area (Å²) in [5, 5.41) is 12.3. The monoisotopic (exact) mass is 409 g/mol. The highest BCUT2D eigenvalue weighted by molar-refractivity contribution is 6.30. The molecule has 4 rings (SSSR count). The van der Waals surface area contributed by atoms with Crippen LogP contribution in [0.5, 0.6) is 0 Å². The van der Waals surface area contributed by atoms with Crippen LogP contribution in [0.2, 0.25) is 5.15 Å². The largest absolute Gasteiger partial charge is 0.349 e. The molecule has 1 unspecified atom stereocenters. The van der Waals surface area contributed by atoms with Crippen LogP contribution >= 0.6 is 11.6 Å². The van der Waals surface area contributed by atoms with E-state index in [1.165, 1.54) is 11.8 Å². The molecule has 1 saturated carbocycles. The number of hydrogen-bond acceptors (Lipinski definition) is 5. The van der Waals surface area contributed by atoms with Crippen molar-refractivity contribution in [3.63, 3.8) is 0 Å². The van der Waals surface area contributed by atoms with Gasteiger partial charge in [-0.3, -0.25) is 4.79 Å². The lowest BCUT2D eigenvalue weighted by Crippen LogP contribution is -2.34. The third-order valence-corrected chi connectivity index (χ3v) is 6.03. The molecule has 1 N–H and O–H groups in total. The lowest BCUT2D eigenvalue weighted by Gasteiger charge is -2.36. The average molecular weight is 410 g/mol. The summed E-state index contributed by atoms with van der Waals surface area (Å²) < 4.78 is 0. The first-order chi connectivity index (χ1) is 14.1. The highest BCUT2D eigenvalue weighted by atomic mass is 35.5. The average Bonchev–Trinajstić information content (AvgIpc) is 3.59. The molecule has 1 amide bonds. The van der Waals surface area contributed by atoms with Gasteiger partial charge in [0.15, 0.2) is 5.15 Å². The third kappa shape index (κ3) is 4.35. The number of nitrogens with zero attached hydrogens (tertiary/aromatic N) is 4. The molecule has 2 aromatic rings. The molecule has 0 radical (unpaired) electrons. The van der Waals surface area contributed by atoms with Gasteiger partial charge in [-0.25, -0.2) is 4.98 Å². The van der Waals surface area contributed by atoms with Crippen molar-refractivity contribution in [3.8, 4) is 6.07 Å². The van der Waals surface area contributed by atoms with Crippen LogP contribution in [0, 0.1) is 17.2 Å². The van der Waals surface area contributed by atoms with Crippen LogP contribution in [0.25, 0.3) is 0 Å². The fraction of sp³-hybridized carbons (Fsp3) is 0.455. The van der Waals surface area contributed by atoms with Gasteiger partial charge in [-0.1, -0.05) is 35.9 Å². The molecule has 29 heavy (non-hydrogen) atoms. The molecule has 150 valence electrons. The Hall–Kier alpha value is -2.65. The molecule has 1 aliphatic heterocycles. The molecule has 2 atom stereocenters. The van der Waals surface area contributed by atoms with Gasteiger partial charge in [0.05, 0.1) is 18.3 Å². The molecule has 7 heteroatoms. The Kier molecular flexibility index (Phi) is 5.68. The van der Waals surface area contributed by atoms with Crippen molar-refractivity contribution in [2.24, 2.45) is 5.92 Å². The van der Waals surface area contributed by atoms with Crippen molar-refractivity contribution < 1.29 is 4.79 Å². The molecular weight excluding hydrogens is 386 g/mol. The van der Waals surface area contributed by atoms with Gasteiger partial charge in [0.1, 0.15) is 11.6 Å². The summed E-state index contributed by atoms with van der Waals surface area (Å²) in [5.74, 6) is 0.939. The number of carbonyl (C=O) groups excluding carboxylic acids is 1. The van der Waals surface area contributed by atoms with E-state index in [2.05, 4.69) is 44.5 Å². The Morgan fingerprint density at radius 1 is 1.28 bits per heavy atom. The fourth-order valence-corrected chi connectivity index (χ4v) is 4.02. The number of nitrogens with one attached hydrogen (secondary N) is 1. The van der Waals surface area contributed by atoms with Crippen molar-refractivity contribution in [1.82, 2.24) is 15.3 Å². The topological polar surface area (TPSA) is 81.9 Å². The van der Waals surface area contributed by atoms with Gasteiger partial charge in [-0.05, 0) is 50.2 Å². The van der Waals surface area contributed by atoms with Gasteiger partial charge in [0.2, 0.25) is 11.9 Å². The van der Waals surface area contributed by atoms with Crippen molar-refractivity contribution in [2.75, 3.05) is 11.4 Å². The zero-order valence-electron chi connectivity index (χ0n) is 16.4. The van der Waals surface area contributed by atoms with Gasteiger partial charge in [-0.2, -0.15) is 10.2 Å². The molecule has 2 aliphatic rings. The minimum Gasteiger partial charge on any atom is -0.349 e. The minimum absolute atomic E-state index is 0.000255. The van der Waals surface area contributed by atoms with E-state index in [1.807, 2.05) is 13.0 Å². The van der Waals surface area contributed by atoms with Gasteiger partial charge >= 0.3 is 0 Å². The smallest absolute Gasteiger partial charge is 0.227 e. The molecule has 1 saturated heterocycles. The van der Waals surface area contributed by atoms with Crippen molar-refractivity contribution in [2.45, 2.75) is 51.1 Å². The number of benzene rings is 1. The molecule has 1 aliphatic carbocycles. The van der Waals surface area contributed by atoms with Crippen molar-refractivity contribution >= 4 is 23.5 Å². The molecule has 0 spiro atoms. The summed E-state index contributed by atoms with van der Waals surface area (Å²) in [6.45, 7) is 2.87. The Morgan fingerprint density at radius 3 is 2.69 bits per heavy atom. The zero-order valence-corrected chi connectivity index (χ0v) is 17.2.